The monoisotopic (exact) mass is 345 g/mol. The van der Waals surface area contributed by atoms with Gasteiger partial charge in [0.25, 0.3) is 11.8 Å². The fourth-order valence-electron chi connectivity index (χ4n) is 3.12. The molecular formula is C17H16FN3O2S. The molecule has 0 radical (unpaired) electrons. The Balaban J connectivity index is 1.33. The number of fused-ring (bicyclic) bond motifs is 2. The number of hydrogen-bond donors (Lipinski definition) is 0. The number of ether oxygens (including phenoxy) is 2. The molecule has 2 saturated heterocycles. The molecule has 2 aliphatic heterocycles. The Morgan fingerprint density at radius 3 is 2.79 bits per heavy atom. The smallest absolute Gasteiger partial charge is 0.292 e. The van der Waals surface area contributed by atoms with Gasteiger partial charge in [-0.2, -0.15) is 0 Å². The van der Waals surface area contributed by atoms with Gasteiger partial charge in [0.2, 0.25) is 0 Å². The van der Waals surface area contributed by atoms with Crippen molar-refractivity contribution >= 4 is 11.7 Å². The lowest BCUT2D eigenvalue weighted by Crippen LogP contribution is -2.32. The molecule has 2 bridgehead atoms. The molecule has 4 rings (SSSR count). The van der Waals surface area contributed by atoms with Crippen molar-refractivity contribution in [2.75, 3.05) is 26.2 Å². The van der Waals surface area contributed by atoms with Gasteiger partial charge in [-0.3, -0.25) is 4.90 Å². The fourth-order valence-corrected chi connectivity index (χ4v) is 3.56. The summed E-state index contributed by atoms with van der Waals surface area (Å²) < 4.78 is 32.7. The van der Waals surface area contributed by atoms with Crippen molar-refractivity contribution in [2.24, 2.45) is 5.92 Å². The molecule has 124 valence electrons. The summed E-state index contributed by atoms with van der Waals surface area (Å²) in [4.78, 5) is 2.41. The van der Waals surface area contributed by atoms with Gasteiger partial charge in [-0.25, -0.2) is 4.39 Å². The third kappa shape index (κ3) is 3.35. The highest BCUT2D eigenvalue weighted by Crippen LogP contribution is 2.33. The van der Waals surface area contributed by atoms with Crippen LogP contribution in [-0.4, -0.2) is 46.0 Å². The number of rotatable bonds is 4. The first-order chi connectivity index (χ1) is 11.8. The van der Waals surface area contributed by atoms with Gasteiger partial charge in [0.05, 0.1) is 11.7 Å². The van der Waals surface area contributed by atoms with E-state index >= 15 is 0 Å². The number of piperidine rings is 1. The third-order valence-electron chi connectivity index (χ3n) is 4.32. The van der Waals surface area contributed by atoms with Crippen LogP contribution in [0.2, 0.25) is 0 Å². The number of benzene rings is 1. The van der Waals surface area contributed by atoms with Gasteiger partial charge in [0.1, 0.15) is 11.9 Å². The molecule has 1 aromatic carbocycles. The molecule has 0 amide bonds. The second-order valence-corrected chi connectivity index (χ2v) is 6.46. The van der Waals surface area contributed by atoms with E-state index in [1.54, 1.807) is 12.1 Å². The van der Waals surface area contributed by atoms with Crippen molar-refractivity contribution in [3.05, 3.63) is 35.6 Å². The van der Waals surface area contributed by atoms with E-state index in [0.29, 0.717) is 17.7 Å². The first kappa shape index (κ1) is 15.4. The molecule has 3 unspecified atom stereocenters. The first-order valence-corrected chi connectivity index (χ1v) is 8.60. The largest absolute Gasteiger partial charge is 0.468 e. The topological polar surface area (TPSA) is 47.5 Å². The Morgan fingerprint density at radius 2 is 2.04 bits per heavy atom. The number of hydrogen-bond acceptors (Lipinski definition) is 6. The van der Waals surface area contributed by atoms with E-state index in [4.69, 9.17) is 9.47 Å². The maximum Gasteiger partial charge on any atom is 0.292 e. The van der Waals surface area contributed by atoms with Crippen LogP contribution in [0.3, 0.4) is 0 Å². The minimum absolute atomic E-state index is 0.176. The molecule has 0 aliphatic carbocycles. The Bertz CT molecular complexity index is 768. The van der Waals surface area contributed by atoms with Crippen molar-refractivity contribution in [3.8, 4) is 23.6 Å². The van der Waals surface area contributed by atoms with E-state index in [-0.39, 0.29) is 18.5 Å². The van der Waals surface area contributed by atoms with Crippen molar-refractivity contribution in [2.45, 2.75) is 12.5 Å². The Morgan fingerprint density at radius 1 is 1.21 bits per heavy atom. The van der Waals surface area contributed by atoms with E-state index in [2.05, 4.69) is 25.5 Å². The SMILES string of the molecule is Fc1ccc(C#CCOc2nsnc2OC2CN3CCC2C3)cc1. The molecule has 7 heteroatoms. The van der Waals surface area contributed by atoms with Crippen LogP contribution in [0.15, 0.2) is 24.3 Å². The lowest BCUT2D eigenvalue weighted by molar-refractivity contribution is 0.131. The maximum absolute atomic E-state index is 12.8. The van der Waals surface area contributed by atoms with Crippen LogP contribution in [-0.2, 0) is 0 Å². The highest BCUT2D eigenvalue weighted by molar-refractivity contribution is 6.99. The summed E-state index contributed by atoms with van der Waals surface area (Å²) in [5, 5.41) is 0. The lowest BCUT2D eigenvalue weighted by atomic mass is 10.0. The summed E-state index contributed by atoms with van der Waals surface area (Å²) in [6.45, 7) is 3.41. The number of nitrogens with zero attached hydrogens (tertiary/aromatic N) is 3. The molecule has 2 fully saturated rings. The van der Waals surface area contributed by atoms with Crippen LogP contribution in [0.4, 0.5) is 4.39 Å². The van der Waals surface area contributed by atoms with Gasteiger partial charge in [-0.15, -0.1) is 8.75 Å². The van der Waals surface area contributed by atoms with Crippen LogP contribution in [0, 0.1) is 23.6 Å². The fraction of sp³-hybridized carbons (Fsp3) is 0.412. The average Bonchev–Trinajstić information content (AvgIpc) is 3.31. The van der Waals surface area contributed by atoms with Crippen LogP contribution < -0.4 is 9.47 Å². The number of aromatic nitrogens is 2. The Kier molecular flexibility index (Phi) is 4.32. The molecule has 1 aromatic heterocycles. The highest BCUT2D eigenvalue weighted by Gasteiger charge is 2.40. The second-order valence-electron chi connectivity index (χ2n) is 5.94. The van der Waals surface area contributed by atoms with Crippen molar-refractivity contribution < 1.29 is 13.9 Å². The molecule has 24 heavy (non-hydrogen) atoms. The standard InChI is InChI=1S/C17H16FN3O2S/c18-14-5-3-12(4-6-14)2-1-9-22-16-17(20-24-19-16)23-15-11-21-8-7-13(15)10-21/h3-6,13,15H,7-11H2. The van der Waals surface area contributed by atoms with E-state index < -0.39 is 0 Å². The van der Waals surface area contributed by atoms with Gasteiger partial charge in [-0.1, -0.05) is 11.8 Å². The maximum atomic E-state index is 12.8. The molecule has 0 N–H and O–H groups in total. The molecule has 2 aromatic rings. The minimum Gasteiger partial charge on any atom is -0.468 e. The van der Waals surface area contributed by atoms with Crippen LogP contribution in [0.25, 0.3) is 0 Å². The molecule has 5 nitrogen and oxygen atoms in total. The molecular weight excluding hydrogens is 329 g/mol. The van der Waals surface area contributed by atoms with Crippen molar-refractivity contribution in [1.82, 2.24) is 13.6 Å². The Labute approximate surface area is 143 Å². The van der Waals surface area contributed by atoms with E-state index in [9.17, 15) is 4.39 Å². The van der Waals surface area contributed by atoms with E-state index in [1.807, 2.05) is 0 Å². The van der Waals surface area contributed by atoms with Gasteiger partial charge in [-0.05, 0) is 37.2 Å². The zero-order valence-corrected chi connectivity index (χ0v) is 13.8. The van der Waals surface area contributed by atoms with Gasteiger partial charge >= 0.3 is 0 Å². The predicted octanol–water partition coefficient (Wildman–Crippen LogP) is 2.19. The van der Waals surface area contributed by atoms with Crippen molar-refractivity contribution in [1.29, 1.82) is 0 Å². The number of halogens is 1. The van der Waals surface area contributed by atoms with Gasteiger partial charge < -0.3 is 9.47 Å². The van der Waals surface area contributed by atoms with E-state index in [0.717, 1.165) is 30.4 Å². The molecule has 3 heterocycles. The van der Waals surface area contributed by atoms with E-state index in [1.165, 1.54) is 25.1 Å². The summed E-state index contributed by atoms with van der Waals surface area (Å²) in [5.41, 5.74) is 0.740. The first-order valence-electron chi connectivity index (χ1n) is 7.87. The second kappa shape index (κ2) is 6.75. The van der Waals surface area contributed by atoms with Crippen LogP contribution in [0.1, 0.15) is 12.0 Å². The summed E-state index contributed by atoms with van der Waals surface area (Å²) in [7, 11) is 0. The third-order valence-corrected chi connectivity index (χ3v) is 4.82. The summed E-state index contributed by atoms with van der Waals surface area (Å²) in [6, 6.07) is 6.02. The molecule has 2 aliphatic rings. The van der Waals surface area contributed by atoms with Crippen LogP contribution in [0.5, 0.6) is 11.8 Å². The zero-order chi connectivity index (χ0) is 16.4. The normalized spacial score (nSPS) is 24.5. The van der Waals surface area contributed by atoms with Crippen LogP contribution >= 0.6 is 11.7 Å². The predicted molar refractivity (Wildman–Crippen MR) is 87.6 cm³/mol. The summed E-state index contributed by atoms with van der Waals surface area (Å²) in [5.74, 6) is 6.96. The van der Waals surface area contributed by atoms with Gasteiger partial charge in [0.15, 0.2) is 6.61 Å². The van der Waals surface area contributed by atoms with Crippen molar-refractivity contribution in [3.63, 3.8) is 0 Å². The molecule has 0 saturated carbocycles. The highest BCUT2D eigenvalue weighted by atomic mass is 32.1. The summed E-state index contributed by atoms with van der Waals surface area (Å²) in [6.07, 6.45) is 1.36. The zero-order valence-electron chi connectivity index (χ0n) is 12.9. The minimum atomic E-state index is -0.274. The molecule has 3 atom stereocenters. The lowest BCUT2D eigenvalue weighted by Gasteiger charge is -2.22. The molecule has 0 spiro atoms. The van der Waals surface area contributed by atoms with Gasteiger partial charge in [0, 0.05) is 24.6 Å². The summed E-state index contributed by atoms with van der Waals surface area (Å²) >= 11 is 1.07. The quantitative estimate of drug-likeness (QED) is 0.795. The average molecular weight is 345 g/mol. The Hall–Kier alpha value is -2.17.